The van der Waals surface area contributed by atoms with Gasteiger partial charge in [-0.1, -0.05) is 0 Å². The number of aromatic amines is 1. The summed E-state index contributed by atoms with van der Waals surface area (Å²) in [5.41, 5.74) is 1.10. The highest BCUT2D eigenvalue weighted by Crippen LogP contribution is 2.05. The van der Waals surface area contributed by atoms with Gasteiger partial charge in [-0.05, 0) is 18.1 Å². The van der Waals surface area contributed by atoms with Gasteiger partial charge in [0, 0.05) is 25.4 Å². The van der Waals surface area contributed by atoms with Crippen molar-refractivity contribution < 1.29 is 9.59 Å². The van der Waals surface area contributed by atoms with E-state index in [1.54, 1.807) is 0 Å². The molecule has 2 heterocycles. The third kappa shape index (κ3) is 2.44. The summed E-state index contributed by atoms with van der Waals surface area (Å²) in [5, 5.41) is 5.42. The Bertz CT molecular complexity index is 359. The topological polar surface area (TPSA) is 74.0 Å². The van der Waals surface area contributed by atoms with Gasteiger partial charge < -0.3 is 10.3 Å². The van der Waals surface area contributed by atoms with Crippen LogP contribution in [-0.4, -0.2) is 22.8 Å². The summed E-state index contributed by atoms with van der Waals surface area (Å²) in [7, 11) is 0. The molecule has 5 nitrogen and oxygen atoms in total. The molecule has 1 aliphatic heterocycles. The van der Waals surface area contributed by atoms with Crippen molar-refractivity contribution in [3.05, 3.63) is 24.0 Å². The van der Waals surface area contributed by atoms with Crippen LogP contribution in [0.15, 0.2) is 18.5 Å². The van der Waals surface area contributed by atoms with E-state index in [0.29, 0.717) is 19.4 Å². The van der Waals surface area contributed by atoms with Crippen LogP contribution in [0.2, 0.25) is 0 Å². The number of rotatable bonds is 3. The summed E-state index contributed by atoms with van der Waals surface area (Å²) in [6, 6.07) is 1.69. The predicted octanol–water partition coefficient (Wildman–Crippen LogP) is -0.0905. The van der Waals surface area contributed by atoms with Gasteiger partial charge in [0.25, 0.3) is 0 Å². The lowest BCUT2D eigenvalue weighted by Gasteiger charge is -2.21. The number of imide groups is 1. The molecule has 0 saturated carbocycles. The maximum Gasteiger partial charge on any atom is 0.243 e. The molecule has 80 valence electrons. The Morgan fingerprint density at radius 1 is 1.47 bits per heavy atom. The fraction of sp³-hybridized carbons (Fsp3) is 0.400. The molecule has 1 atom stereocenters. The van der Waals surface area contributed by atoms with E-state index < -0.39 is 0 Å². The number of carbonyl (C=O) groups excluding carboxylic acids is 2. The van der Waals surface area contributed by atoms with Gasteiger partial charge in [-0.2, -0.15) is 0 Å². The lowest BCUT2D eigenvalue weighted by Crippen LogP contribution is -2.50. The first kappa shape index (κ1) is 9.92. The van der Waals surface area contributed by atoms with E-state index in [2.05, 4.69) is 15.6 Å². The van der Waals surface area contributed by atoms with Crippen LogP contribution in [0.5, 0.6) is 0 Å². The highest BCUT2D eigenvalue weighted by atomic mass is 16.2. The van der Waals surface area contributed by atoms with Crippen LogP contribution in [0.3, 0.4) is 0 Å². The van der Waals surface area contributed by atoms with Gasteiger partial charge >= 0.3 is 0 Å². The van der Waals surface area contributed by atoms with Crippen molar-refractivity contribution in [1.82, 2.24) is 15.6 Å². The summed E-state index contributed by atoms with van der Waals surface area (Å²) >= 11 is 0. The summed E-state index contributed by atoms with van der Waals surface area (Å²) in [4.78, 5) is 25.2. The molecular formula is C10H13N3O2. The predicted molar refractivity (Wildman–Crippen MR) is 53.8 cm³/mol. The van der Waals surface area contributed by atoms with E-state index in [-0.39, 0.29) is 17.9 Å². The van der Waals surface area contributed by atoms with E-state index in [1.807, 2.05) is 18.5 Å². The van der Waals surface area contributed by atoms with Crippen molar-refractivity contribution in [2.45, 2.75) is 25.4 Å². The summed E-state index contributed by atoms with van der Waals surface area (Å²) in [6.07, 6.45) is 4.70. The van der Waals surface area contributed by atoms with Crippen molar-refractivity contribution in [3.8, 4) is 0 Å². The number of hydrogen-bond donors (Lipinski definition) is 3. The van der Waals surface area contributed by atoms with Crippen LogP contribution in [-0.2, 0) is 16.1 Å². The number of aromatic nitrogens is 1. The van der Waals surface area contributed by atoms with Crippen molar-refractivity contribution in [2.24, 2.45) is 0 Å². The maximum absolute atomic E-state index is 11.4. The molecule has 5 heteroatoms. The number of hydrogen-bond acceptors (Lipinski definition) is 3. The molecule has 2 amide bonds. The van der Waals surface area contributed by atoms with Crippen molar-refractivity contribution in [2.75, 3.05) is 0 Å². The lowest BCUT2D eigenvalue weighted by atomic mass is 10.1. The van der Waals surface area contributed by atoms with Crippen LogP contribution in [0.4, 0.5) is 0 Å². The Balaban J connectivity index is 1.85. The molecule has 1 aromatic rings. The smallest absolute Gasteiger partial charge is 0.243 e. The Morgan fingerprint density at radius 2 is 2.33 bits per heavy atom. The third-order valence-corrected chi connectivity index (χ3v) is 2.45. The zero-order valence-electron chi connectivity index (χ0n) is 8.25. The van der Waals surface area contributed by atoms with Gasteiger partial charge in [0.2, 0.25) is 11.8 Å². The van der Waals surface area contributed by atoms with Gasteiger partial charge in [0.1, 0.15) is 0 Å². The SMILES string of the molecule is O=C1CCC(NCc2cc[nH]c2)C(=O)N1. The number of nitrogens with one attached hydrogen (secondary N) is 3. The third-order valence-electron chi connectivity index (χ3n) is 2.45. The first-order valence-electron chi connectivity index (χ1n) is 4.94. The molecule has 1 fully saturated rings. The molecule has 15 heavy (non-hydrogen) atoms. The standard InChI is InChI=1S/C10H13N3O2/c14-9-2-1-8(10(15)13-9)12-6-7-3-4-11-5-7/h3-5,8,11-12H,1-2,6H2,(H,13,14,15). The molecule has 1 unspecified atom stereocenters. The van der Waals surface area contributed by atoms with Crippen LogP contribution in [0.1, 0.15) is 18.4 Å². The second kappa shape index (κ2) is 4.27. The minimum atomic E-state index is -0.252. The fourth-order valence-corrected chi connectivity index (χ4v) is 1.60. The number of H-pyrrole nitrogens is 1. The molecule has 0 radical (unpaired) electrons. The Kier molecular flexibility index (Phi) is 2.82. The molecular weight excluding hydrogens is 194 g/mol. The van der Waals surface area contributed by atoms with Gasteiger partial charge in [-0.3, -0.25) is 14.9 Å². The molecule has 0 aliphatic carbocycles. The number of piperidine rings is 1. The maximum atomic E-state index is 11.4. The van der Waals surface area contributed by atoms with Crippen molar-refractivity contribution in [3.63, 3.8) is 0 Å². The fourth-order valence-electron chi connectivity index (χ4n) is 1.60. The molecule has 0 bridgehead atoms. The molecule has 1 aromatic heterocycles. The second-order valence-electron chi connectivity index (χ2n) is 3.60. The van der Waals surface area contributed by atoms with E-state index in [0.717, 1.165) is 5.56 Å². The molecule has 1 aliphatic rings. The Labute approximate surface area is 87.2 Å². The number of carbonyl (C=O) groups is 2. The van der Waals surface area contributed by atoms with Crippen molar-refractivity contribution >= 4 is 11.8 Å². The van der Waals surface area contributed by atoms with Crippen LogP contribution >= 0.6 is 0 Å². The lowest BCUT2D eigenvalue weighted by molar-refractivity contribution is -0.134. The molecule has 3 N–H and O–H groups in total. The zero-order valence-corrected chi connectivity index (χ0v) is 8.25. The van der Waals surface area contributed by atoms with Gasteiger partial charge in [-0.15, -0.1) is 0 Å². The van der Waals surface area contributed by atoms with Crippen LogP contribution in [0.25, 0.3) is 0 Å². The minimum absolute atomic E-state index is 0.181. The molecule has 0 aromatic carbocycles. The van der Waals surface area contributed by atoms with Gasteiger partial charge in [0.15, 0.2) is 0 Å². The average Bonchev–Trinajstić information content (AvgIpc) is 2.69. The Hall–Kier alpha value is -1.62. The van der Waals surface area contributed by atoms with E-state index in [9.17, 15) is 9.59 Å². The van der Waals surface area contributed by atoms with Crippen LogP contribution < -0.4 is 10.6 Å². The van der Waals surface area contributed by atoms with Crippen molar-refractivity contribution in [1.29, 1.82) is 0 Å². The first-order valence-corrected chi connectivity index (χ1v) is 4.94. The van der Waals surface area contributed by atoms with E-state index in [4.69, 9.17) is 0 Å². The van der Waals surface area contributed by atoms with Crippen LogP contribution in [0, 0.1) is 0 Å². The minimum Gasteiger partial charge on any atom is -0.367 e. The summed E-state index contributed by atoms with van der Waals surface area (Å²) in [5.74, 6) is -0.401. The quantitative estimate of drug-likeness (QED) is 0.606. The normalized spacial score (nSPS) is 21.5. The van der Waals surface area contributed by atoms with E-state index >= 15 is 0 Å². The summed E-state index contributed by atoms with van der Waals surface area (Å²) < 4.78 is 0. The van der Waals surface area contributed by atoms with Gasteiger partial charge in [0.05, 0.1) is 6.04 Å². The summed E-state index contributed by atoms with van der Waals surface area (Å²) in [6.45, 7) is 0.635. The molecule has 1 saturated heterocycles. The monoisotopic (exact) mass is 207 g/mol. The average molecular weight is 207 g/mol. The largest absolute Gasteiger partial charge is 0.367 e. The highest BCUT2D eigenvalue weighted by Gasteiger charge is 2.25. The number of amides is 2. The Morgan fingerprint density at radius 3 is 3.00 bits per heavy atom. The van der Waals surface area contributed by atoms with Gasteiger partial charge in [-0.25, -0.2) is 0 Å². The zero-order chi connectivity index (χ0) is 10.7. The highest BCUT2D eigenvalue weighted by molar-refractivity contribution is 6.00. The second-order valence-corrected chi connectivity index (χ2v) is 3.60. The van der Waals surface area contributed by atoms with E-state index in [1.165, 1.54) is 0 Å². The first-order chi connectivity index (χ1) is 7.25. The molecule has 0 spiro atoms. The molecule has 2 rings (SSSR count).